The molecule has 0 aromatic carbocycles. The molecule has 3 saturated carbocycles. The van der Waals surface area contributed by atoms with Crippen LogP contribution in [0.3, 0.4) is 0 Å². The molecule has 146 valence electrons. The number of amides is 1. The highest BCUT2D eigenvalue weighted by Crippen LogP contribution is 2.60. The minimum Gasteiger partial charge on any atom is -0.377 e. The number of aliphatic imine (C=N–C) groups is 1. The van der Waals surface area contributed by atoms with Gasteiger partial charge in [0.1, 0.15) is 6.54 Å². The van der Waals surface area contributed by atoms with Gasteiger partial charge in [-0.1, -0.05) is 25.7 Å². The van der Waals surface area contributed by atoms with Crippen molar-refractivity contribution in [1.82, 2.24) is 15.5 Å². The molecule has 1 amide bonds. The van der Waals surface area contributed by atoms with Crippen molar-refractivity contribution >= 4 is 11.9 Å². The van der Waals surface area contributed by atoms with Gasteiger partial charge in [0.05, 0.1) is 6.10 Å². The lowest BCUT2D eigenvalue weighted by Gasteiger charge is -2.57. The van der Waals surface area contributed by atoms with Crippen LogP contribution in [0.15, 0.2) is 4.99 Å². The molecule has 3 atom stereocenters. The quantitative estimate of drug-likeness (QED) is 0.592. The molecule has 6 heteroatoms. The third kappa shape index (κ3) is 3.21. The van der Waals surface area contributed by atoms with Crippen LogP contribution >= 0.6 is 0 Å². The molecule has 1 spiro atoms. The number of carbonyl (C=O) groups is 1. The van der Waals surface area contributed by atoms with Crippen molar-refractivity contribution < 1.29 is 9.53 Å². The Morgan fingerprint density at radius 3 is 2.54 bits per heavy atom. The molecule has 3 aliphatic carbocycles. The van der Waals surface area contributed by atoms with E-state index in [4.69, 9.17) is 4.74 Å². The van der Waals surface area contributed by atoms with Gasteiger partial charge >= 0.3 is 0 Å². The first-order chi connectivity index (χ1) is 12.6. The molecule has 0 aromatic rings. The summed E-state index contributed by atoms with van der Waals surface area (Å²) in [6.07, 6.45) is 11.7. The standard InChI is InChI=1S/C20H34N4O2/c1-24(2)16(25)13-21-19(22-14-7-3-4-8-14)23-17-15-9-12-26-18(15)20(17)10-5-6-11-20/h14-15,17-18H,3-13H2,1-2H3,(H2,21,22,23). The normalized spacial score (nSPS) is 33.2. The van der Waals surface area contributed by atoms with Crippen molar-refractivity contribution in [3.63, 3.8) is 0 Å². The van der Waals surface area contributed by atoms with Gasteiger partial charge in [0.25, 0.3) is 0 Å². The maximum atomic E-state index is 12.0. The van der Waals surface area contributed by atoms with Crippen LogP contribution in [0.5, 0.6) is 0 Å². The Morgan fingerprint density at radius 1 is 1.12 bits per heavy atom. The van der Waals surface area contributed by atoms with Crippen LogP contribution in [0.25, 0.3) is 0 Å². The Morgan fingerprint density at radius 2 is 1.85 bits per heavy atom. The number of nitrogens with one attached hydrogen (secondary N) is 2. The SMILES string of the molecule is CN(C)C(=O)CN=C(NC1CCCC1)NC1C2CCOC2C12CCCC2. The van der Waals surface area contributed by atoms with Gasteiger partial charge in [0, 0.05) is 44.1 Å². The highest BCUT2D eigenvalue weighted by molar-refractivity contribution is 5.85. The summed E-state index contributed by atoms with van der Waals surface area (Å²) < 4.78 is 6.10. The largest absolute Gasteiger partial charge is 0.377 e. The van der Waals surface area contributed by atoms with E-state index in [9.17, 15) is 4.79 Å². The third-order valence-electron chi connectivity index (χ3n) is 7.15. The average molecular weight is 363 g/mol. The Kier molecular flexibility index (Phi) is 5.13. The van der Waals surface area contributed by atoms with Crippen LogP contribution in [0.2, 0.25) is 0 Å². The van der Waals surface area contributed by atoms with Gasteiger partial charge in [0.2, 0.25) is 5.91 Å². The van der Waals surface area contributed by atoms with Crippen LogP contribution in [-0.2, 0) is 9.53 Å². The van der Waals surface area contributed by atoms with Gasteiger partial charge in [0.15, 0.2) is 5.96 Å². The number of likely N-dealkylation sites (N-methyl/N-ethyl adjacent to an activating group) is 1. The maximum absolute atomic E-state index is 12.0. The summed E-state index contributed by atoms with van der Waals surface area (Å²) in [4.78, 5) is 18.3. The van der Waals surface area contributed by atoms with Crippen molar-refractivity contribution in [2.45, 2.75) is 76.0 Å². The van der Waals surface area contributed by atoms with E-state index in [0.29, 0.717) is 29.5 Å². The predicted octanol–water partition coefficient (Wildman–Crippen LogP) is 1.90. The van der Waals surface area contributed by atoms with Crippen LogP contribution < -0.4 is 10.6 Å². The molecule has 6 nitrogen and oxygen atoms in total. The summed E-state index contributed by atoms with van der Waals surface area (Å²) in [6.45, 7) is 1.11. The number of hydrogen-bond donors (Lipinski definition) is 2. The van der Waals surface area contributed by atoms with E-state index in [0.717, 1.165) is 19.0 Å². The molecule has 1 aliphatic heterocycles. The van der Waals surface area contributed by atoms with Crippen molar-refractivity contribution in [2.75, 3.05) is 27.2 Å². The molecule has 4 fully saturated rings. The minimum absolute atomic E-state index is 0.0452. The Bertz CT molecular complexity index is 550. The van der Waals surface area contributed by atoms with E-state index >= 15 is 0 Å². The Labute approximate surface area is 157 Å². The molecule has 4 aliphatic rings. The van der Waals surface area contributed by atoms with E-state index in [1.165, 1.54) is 51.4 Å². The molecule has 1 heterocycles. The number of hydrogen-bond acceptors (Lipinski definition) is 3. The topological polar surface area (TPSA) is 66.0 Å². The highest BCUT2D eigenvalue weighted by atomic mass is 16.5. The van der Waals surface area contributed by atoms with Gasteiger partial charge in [-0.15, -0.1) is 0 Å². The van der Waals surface area contributed by atoms with Crippen molar-refractivity contribution in [2.24, 2.45) is 16.3 Å². The van der Waals surface area contributed by atoms with Gasteiger partial charge in [-0.25, -0.2) is 4.99 Å². The van der Waals surface area contributed by atoms with E-state index in [-0.39, 0.29) is 12.5 Å². The first-order valence-corrected chi connectivity index (χ1v) is 10.5. The average Bonchev–Trinajstić information content (AvgIpc) is 3.37. The third-order valence-corrected chi connectivity index (χ3v) is 7.15. The number of rotatable bonds is 4. The first kappa shape index (κ1) is 18.1. The fraction of sp³-hybridized carbons (Fsp3) is 0.900. The summed E-state index contributed by atoms with van der Waals surface area (Å²) in [5.74, 6) is 1.49. The molecule has 3 unspecified atom stereocenters. The molecular formula is C20H34N4O2. The molecule has 26 heavy (non-hydrogen) atoms. The molecule has 1 saturated heterocycles. The van der Waals surface area contributed by atoms with Crippen LogP contribution in [0.1, 0.15) is 57.8 Å². The van der Waals surface area contributed by atoms with Crippen molar-refractivity contribution in [1.29, 1.82) is 0 Å². The van der Waals surface area contributed by atoms with Crippen LogP contribution in [-0.4, -0.2) is 62.2 Å². The van der Waals surface area contributed by atoms with Gasteiger partial charge in [-0.3, -0.25) is 4.79 Å². The zero-order valence-electron chi connectivity index (χ0n) is 16.3. The number of guanidine groups is 1. The fourth-order valence-electron chi connectivity index (χ4n) is 5.74. The summed E-state index contributed by atoms with van der Waals surface area (Å²) in [5, 5.41) is 7.39. The van der Waals surface area contributed by atoms with Gasteiger partial charge in [-0.2, -0.15) is 0 Å². The Hall–Kier alpha value is -1.30. The second-order valence-corrected chi connectivity index (χ2v) is 8.88. The molecule has 4 rings (SSSR count). The lowest BCUT2D eigenvalue weighted by Crippen LogP contribution is -2.69. The monoisotopic (exact) mass is 362 g/mol. The first-order valence-electron chi connectivity index (χ1n) is 10.5. The summed E-state index contributed by atoms with van der Waals surface area (Å²) in [5.41, 5.74) is 0.296. The zero-order chi connectivity index (χ0) is 18.1. The maximum Gasteiger partial charge on any atom is 0.243 e. The Balaban J connectivity index is 1.47. The highest BCUT2D eigenvalue weighted by Gasteiger charge is 2.65. The van der Waals surface area contributed by atoms with Gasteiger partial charge in [-0.05, 0) is 32.1 Å². The fourth-order valence-corrected chi connectivity index (χ4v) is 5.74. The van der Waals surface area contributed by atoms with Crippen molar-refractivity contribution in [3.8, 4) is 0 Å². The van der Waals surface area contributed by atoms with E-state index in [1.54, 1.807) is 19.0 Å². The lowest BCUT2D eigenvalue weighted by molar-refractivity contribution is -0.127. The zero-order valence-corrected chi connectivity index (χ0v) is 16.3. The number of nitrogens with zero attached hydrogens (tertiary/aromatic N) is 2. The summed E-state index contributed by atoms with van der Waals surface area (Å²) >= 11 is 0. The summed E-state index contributed by atoms with van der Waals surface area (Å²) in [7, 11) is 3.57. The predicted molar refractivity (Wildman–Crippen MR) is 102 cm³/mol. The van der Waals surface area contributed by atoms with Crippen molar-refractivity contribution in [3.05, 3.63) is 0 Å². The molecule has 0 radical (unpaired) electrons. The lowest BCUT2D eigenvalue weighted by atomic mass is 9.54. The second kappa shape index (κ2) is 7.37. The number of fused-ring (bicyclic) bond motifs is 2. The number of carbonyl (C=O) groups excluding carboxylic acids is 1. The number of ether oxygens (including phenoxy) is 1. The molecule has 2 N–H and O–H groups in total. The summed E-state index contributed by atoms with van der Waals surface area (Å²) in [6, 6.07) is 0.936. The van der Waals surface area contributed by atoms with E-state index < -0.39 is 0 Å². The smallest absolute Gasteiger partial charge is 0.243 e. The second-order valence-electron chi connectivity index (χ2n) is 8.88. The van der Waals surface area contributed by atoms with E-state index in [2.05, 4.69) is 15.6 Å². The minimum atomic E-state index is 0.0452. The van der Waals surface area contributed by atoms with Crippen LogP contribution in [0.4, 0.5) is 0 Å². The molecule has 0 aromatic heterocycles. The molecular weight excluding hydrogens is 328 g/mol. The molecule has 0 bridgehead atoms. The van der Waals surface area contributed by atoms with Gasteiger partial charge < -0.3 is 20.3 Å². The van der Waals surface area contributed by atoms with Crippen LogP contribution in [0, 0.1) is 11.3 Å². The van der Waals surface area contributed by atoms with E-state index in [1.807, 2.05) is 0 Å².